The summed E-state index contributed by atoms with van der Waals surface area (Å²) in [6.45, 7) is 2.87. The van der Waals surface area contributed by atoms with Crippen molar-refractivity contribution in [2.75, 3.05) is 27.3 Å². The molecule has 7 heteroatoms. The van der Waals surface area contributed by atoms with Crippen molar-refractivity contribution in [1.29, 1.82) is 5.26 Å². The van der Waals surface area contributed by atoms with Crippen LogP contribution in [0.15, 0.2) is 24.3 Å². The molecule has 130 valence electrons. The number of rotatable bonds is 8. The van der Waals surface area contributed by atoms with Gasteiger partial charge in [0.25, 0.3) is 5.91 Å². The van der Waals surface area contributed by atoms with Crippen molar-refractivity contribution in [2.45, 2.75) is 25.0 Å². The van der Waals surface area contributed by atoms with Gasteiger partial charge in [0, 0.05) is 30.8 Å². The molecule has 1 aromatic carbocycles. The van der Waals surface area contributed by atoms with Crippen LogP contribution in [0.3, 0.4) is 0 Å². The summed E-state index contributed by atoms with van der Waals surface area (Å²) in [6, 6.07) is 9.12. The highest BCUT2D eigenvalue weighted by molar-refractivity contribution is 8.23. The van der Waals surface area contributed by atoms with Crippen LogP contribution < -0.4 is 4.74 Å². The fourth-order valence-electron chi connectivity index (χ4n) is 2.04. The van der Waals surface area contributed by atoms with Crippen LogP contribution in [0.5, 0.6) is 5.75 Å². The number of carbonyl (C=O) groups excluding carboxylic acids is 1. The maximum absolute atomic E-state index is 12.5. The Morgan fingerprint density at radius 2 is 2.08 bits per heavy atom. The molecule has 0 radical (unpaired) electrons. The van der Waals surface area contributed by atoms with Crippen LogP contribution >= 0.6 is 24.0 Å². The van der Waals surface area contributed by atoms with Crippen LogP contribution in [-0.2, 0) is 4.74 Å². The molecule has 5 nitrogen and oxygen atoms in total. The highest BCUT2D eigenvalue weighted by Gasteiger charge is 2.19. The largest absolute Gasteiger partial charge is 0.497 e. The SMILES string of the molecule is CCOC(=S)SC(CCC#N)CN(C)C(=O)c1ccc(OC)cc1. The van der Waals surface area contributed by atoms with E-state index in [1.54, 1.807) is 43.3 Å². The van der Waals surface area contributed by atoms with E-state index in [2.05, 4.69) is 6.07 Å². The molecule has 0 bridgehead atoms. The number of thioether (sulfide) groups is 1. The van der Waals surface area contributed by atoms with Crippen LogP contribution in [0.4, 0.5) is 0 Å². The first-order chi connectivity index (χ1) is 11.5. The molecule has 1 atom stereocenters. The summed E-state index contributed by atoms with van der Waals surface area (Å²) < 4.78 is 10.8. The number of nitriles is 1. The van der Waals surface area contributed by atoms with Crippen molar-refractivity contribution >= 4 is 34.3 Å². The molecule has 0 N–H and O–H groups in total. The molecule has 1 unspecified atom stereocenters. The molecule has 0 saturated heterocycles. The van der Waals surface area contributed by atoms with E-state index >= 15 is 0 Å². The van der Waals surface area contributed by atoms with Crippen LogP contribution in [0.2, 0.25) is 0 Å². The predicted molar refractivity (Wildman–Crippen MR) is 100 cm³/mol. The van der Waals surface area contributed by atoms with Gasteiger partial charge in [-0.3, -0.25) is 4.79 Å². The number of carbonyl (C=O) groups is 1. The smallest absolute Gasteiger partial charge is 0.253 e. The summed E-state index contributed by atoms with van der Waals surface area (Å²) in [5.74, 6) is 0.626. The van der Waals surface area contributed by atoms with Crippen LogP contribution in [0, 0.1) is 11.3 Å². The molecular weight excluding hydrogens is 344 g/mol. The van der Waals surface area contributed by atoms with Crippen LogP contribution in [0.1, 0.15) is 30.1 Å². The lowest BCUT2D eigenvalue weighted by atomic mass is 10.1. The van der Waals surface area contributed by atoms with Crippen molar-refractivity contribution in [1.82, 2.24) is 4.90 Å². The third kappa shape index (κ3) is 6.77. The van der Waals surface area contributed by atoms with E-state index in [0.717, 1.165) is 0 Å². The second kappa shape index (κ2) is 10.9. The molecule has 1 aromatic rings. The Bertz CT molecular complexity index is 584. The third-order valence-corrected chi connectivity index (χ3v) is 4.70. The summed E-state index contributed by atoms with van der Waals surface area (Å²) in [5, 5.41) is 8.83. The molecule has 0 heterocycles. The number of hydrogen-bond acceptors (Lipinski definition) is 6. The van der Waals surface area contributed by atoms with Crippen LogP contribution in [-0.4, -0.2) is 47.7 Å². The number of benzene rings is 1. The Kier molecular flexibility index (Phi) is 9.20. The molecule has 0 aliphatic heterocycles. The molecule has 0 aliphatic carbocycles. The zero-order valence-electron chi connectivity index (χ0n) is 14.2. The molecule has 24 heavy (non-hydrogen) atoms. The number of nitrogens with zero attached hydrogens (tertiary/aromatic N) is 2. The standard InChI is InChI=1S/C17H22N2O3S2/c1-4-22-17(23)24-15(6-5-11-18)12-19(2)16(20)13-7-9-14(21-3)10-8-13/h7-10,15H,4-6,12H2,1-3H3. The third-order valence-electron chi connectivity index (χ3n) is 3.26. The summed E-state index contributed by atoms with van der Waals surface area (Å²) >= 11 is 6.56. The maximum atomic E-state index is 12.5. The lowest BCUT2D eigenvalue weighted by molar-refractivity contribution is 0.0795. The first-order valence-corrected chi connectivity index (χ1v) is 8.90. The molecule has 0 aromatic heterocycles. The number of hydrogen-bond donors (Lipinski definition) is 0. The van der Waals surface area contributed by atoms with Gasteiger partial charge in [0.2, 0.25) is 4.38 Å². The molecule has 0 fully saturated rings. The summed E-state index contributed by atoms with van der Waals surface area (Å²) in [4.78, 5) is 14.2. The quantitative estimate of drug-likeness (QED) is 0.656. The Morgan fingerprint density at radius 1 is 1.42 bits per heavy atom. The predicted octanol–water partition coefficient (Wildman–Crippen LogP) is 3.49. The summed E-state index contributed by atoms with van der Waals surface area (Å²) in [5.41, 5.74) is 0.592. The van der Waals surface area contributed by atoms with E-state index < -0.39 is 0 Å². The van der Waals surface area contributed by atoms with Crippen LogP contribution in [0.25, 0.3) is 0 Å². The van der Waals surface area contributed by atoms with Gasteiger partial charge >= 0.3 is 0 Å². The first kappa shape index (κ1) is 20.3. The van der Waals surface area contributed by atoms with E-state index in [1.165, 1.54) is 11.8 Å². The molecular formula is C17H22N2O3S2. The maximum Gasteiger partial charge on any atom is 0.253 e. The number of amides is 1. The fourth-order valence-corrected chi connectivity index (χ4v) is 3.56. The average Bonchev–Trinajstić information content (AvgIpc) is 2.59. The lowest BCUT2D eigenvalue weighted by Crippen LogP contribution is -2.33. The number of methoxy groups -OCH3 is 1. The van der Waals surface area contributed by atoms with E-state index in [0.29, 0.717) is 41.7 Å². The van der Waals surface area contributed by atoms with E-state index in [-0.39, 0.29) is 11.2 Å². The number of ether oxygens (including phenoxy) is 2. The Hall–Kier alpha value is -1.78. The number of thiocarbonyl (C=S) groups is 1. The van der Waals surface area contributed by atoms with Gasteiger partial charge in [-0.1, -0.05) is 11.8 Å². The minimum Gasteiger partial charge on any atom is -0.497 e. The Balaban J connectivity index is 2.70. The minimum atomic E-state index is -0.0810. The van der Waals surface area contributed by atoms with Gasteiger partial charge in [-0.2, -0.15) is 5.26 Å². The van der Waals surface area contributed by atoms with E-state index in [4.69, 9.17) is 27.0 Å². The Labute approximate surface area is 152 Å². The molecule has 0 saturated carbocycles. The lowest BCUT2D eigenvalue weighted by Gasteiger charge is -2.23. The molecule has 1 amide bonds. The molecule has 0 spiro atoms. The van der Waals surface area contributed by atoms with Gasteiger partial charge in [-0.05, 0) is 49.8 Å². The second-order valence-corrected chi connectivity index (χ2v) is 6.94. The van der Waals surface area contributed by atoms with Gasteiger partial charge in [0.1, 0.15) is 5.75 Å². The monoisotopic (exact) mass is 366 g/mol. The van der Waals surface area contributed by atoms with Crippen molar-refractivity contribution in [2.24, 2.45) is 0 Å². The fraction of sp³-hybridized carbons (Fsp3) is 0.471. The normalized spacial score (nSPS) is 11.2. The van der Waals surface area contributed by atoms with Crippen molar-refractivity contribution in [3.05, 3.63) is 29.8 Å². The van der Waals surface area contributed by atoms with Crippen molar-refractivity contribution in [3.8, 4) is 11.8 Å². The van der Waals surface area contributed by atoms with Gasteiger partial charge < -0.3 is 14.4 Å². The van der Waals surface area contributed by atoms with Gasteiger partial charge in [0.15, 0.2) is 0 Å². The minimum absolute atomic E-state index is 0.0240. The molecule has 0 aliphatic rings. The van der Waals surface area contributed by atoms with Crippen molar-refractivity contribution in [3.63, 3.8) is 0 Å². The summed E-state index contributed by atoms with van der Waals surface area (Å²) in [6.07, 6.45) is 1.06. The van der Waals surface area contributed by atoms with Gasteiger partial charge in [0.05, 0.1) is 19.8 Å². The van der Waals surface area contributed by atoms with Gasteiger partial charge in [-0.15, -0.1) is 0 Å². The highest BCUT2D eigenvalue weighted by atomic mass is 32.2. The molecule has 1 rings (SSSR count). The zero-order chi connectivity index (χ0) is 17.9. The van der Waals surface area contributed by atoms with E-state index in [9.17, 15) is 4.79 Å². The van der Waals surface area contributed by atoms with Crippen molar-refractivity contribution < 1.29 is 14.3 Å². The summed E-state index contributed by atoms with van der Waals surface area (Å²) in [7, 11) is 3.33. The Morgan fingerprint density at radius 3 is 2.62 bits per heavy atom. The first-order valence-electron chi connectivity index (χ1n) is 7.61. The zero-order valence-corrected chi connectivity index (χ0v) is 15.8. The average molecular weight is 367 g/mol. The highest BCUT2D eigenvalue weighted by Crippen LogP contribution is 2.21. The van der Waals surface area contributed by atoms with Gasteiger partial charge in [-0.25, -0.2) is 0 Å². The topological polar surface area (TPSA) is 62.6 Å². The van der Waals surface area contributed by atoms with E-state index in [1.807, 2.05) is 6.92 Å². The second-order valence-electron chi connectivity index (χ2n) is 5.03.